The molecule has 1 amide bonds. The number of nitrogens with one attached hydrogen (secondary N) is 2. The molecule has 3 fully saturated rings. The van der Waals surface area contributed by atoms with E-state index in [1.165, 1.54) is 31.4 Å². The van der Waals surface area contributed by atoms with Gasteiger partial charge in [0.15, 0.2) is 0 Å². The lowest BCUT2D eigenvalue weighted by atomic mass is 9.48. The van der Waals surface area contributed by atoms with Gasteiger partial charge in [0.05, 0.1) is 12.2 Å². The van der Waals surface area contributed by atoms with Crippen LogP contribution in [0.2, 0.25) is 0 Å². The van der Waals surface area contributed by atoms with Crippen molar-refractivity contribution >= 4 is 21.8 Å². The van der Waals surface area contributed by atoms with Crippen LogP contribution in [-0.4, -0.2) is 29.9 Å². The van der Waals surface area contributed by atoms with Crippen molar-refractivity contribution in [2.75, 3.05) is 5.32 Å². The lowest BCUT2D eigenvalue weighted by Gasteiger charge is -2.58. The van der Waals surface area contributed by atoms with Crippen LogP contribution in [0.25, 0.3) is 0 Å². The third-order valence-corrected chi connectivity index (χ3v) is 10.2. The predicted octanol–water partition coefficient (Wildman–Crippen LogP) is 3.93. The lowest BCUT2D eigenvalue weighted by molar-refractivity contribution is -0.120. The van der Waals surface area contributed by atoms with Crippen molar-refractivity contribution in [3.63, 3.8) is 0 Å². The Hall–Kier alpha value is -1.97. The molecule has 0 saturated heterocycles. The molecule has 1 aromatic heterocycles. The van der Waals surface area contributed by atoms with Gasteiger partial charge in [-0.2, -0.15) is 13.9 Å². The van der Waals surface area contributed by atoms with E-state index in [-0.39, 0.29) is 21.6 Å². The molecular formula is C24H33N3O5S. The van der Waals surface area contributed by atoms with E-state index >= 15 is 0 Å². The molecule has 9 heteroatoms. The summed E-state index contributed by atoms with van der Waals surface area (Å²) in [7, 11) is -4.30. The van der Waals surface area contributed by atoms with Crippen molar-refractivity contribution in [1.29, 1.82) is 0 Å². The Morgan fingerprint density at radius 2 is 2.03 bits per heavy atom. The molecule has 1 aliphatic heterocycles. The molecule has 0 bridgehead atoms. The molecule has 1 aromatic rings. The largest absolute Gasteiger partial charge is 0.417 e. The predicted molar refractivity (Wildman–Crippen MR) is 122 cm³/mol. The van der Waals surface area contributed by atoms with Crippen molar-refractivity contribution in [1.82, 2.24) is 10.5 Å². The Balaban J connectivity index is 1.26. The fourth-order valence-electron chi connectivity index (χ4n) is 7.59. The first-order valence-electron chi connectivity index (χ1n) is 11.9. The maximum atomic E-state index is 12.8. The first-order chi connectivity index (χ1) is 15.6. The van der Waals surface area contributed by atoms with E-state index in [1.807, 2.05) is 6.26 Å². The van der Waals surface area contributed by atoms with Gasteiger partial charge in [-0.15, -0.1) is 0 Å². The highest BCUT2D eigenvalue weighted by molar-refractivity contribution is 7.85. The summed E-state index contributed by atoms with van der Waals surface area (Å²) < 4.78 is 31.4. The van der Waals surface area contributed by atoms with Crippen LogP contribution in [-0.2, 0) is 19.8 Å². The molecule has 0 radical (unpaired) electrons. The molecule has 5 rings (SSSR count). The average molecular weight is 476 g/mol. The Morgan fingerprint density at radius 1 is 1.21 bits per heavy atom. The molecule has 0 aromatic carbocycles. The maximum absolute atomic E-state index is 12.8. The minimum atomic E-state index is -4.30. The summed E-state index contributed by atoms with van der Waals surface area (Å²) in [6, 6.07) is 3.01. The lowest BCUT2D eigenvalue weighted by Crippen LogP contribution is -2.57. The summed E-state index contributed by atoms with van der Waals surface area (Å²) in [4.78, 5) is 21.9. The number of nitrogens with zero attached hydrogens (tertiary/aromatic N) is 1. The van der Waals surface area contributed by atoms with Crippen LogP contribution in [0.15, 0.2) is 35.6 Å². The van der Waals surface area contributed by atoms with Gasteiger partial charge in [0, 0.05) is 11.8 Å². The van der Waals surface area contributed by atoms with Crippen LogP contribution in [0.4, 0.5) is 5.82 Å². The van der Waals surface area contributed by atoms with Gasteiger partial charge in [0.1, 0.15) is 17.0 Å². The number of hydrogen-bond donors (Lipinski definition) is 3. The molecule has 3 saturated carbocycles. The van der Waals surface area contributed by atoms with E-state index in [9.17, 15) is 13.2 Å². The molecular weight excluding hydrogens is 442 g/mol. The number of rotatable bonds is 4. The number of amides is 1. The summed E-state index contributed by atoms with van der Waals surface area (Å²) in [6.07, 6.45) is 12.4. The highest BCUT2D eigenvalue weighted by Gasteiger charge is 2.59. The van der Waals surface area contributed by atoms with E-state index in [0.717, 1.165) is 25.5 Å². The number of hydrogen-bond acceptors (Lipinski definition) is 6. The molecule has 3 N–H and O–H groups in total. The van der Waals surface area contributed by atoms with Gasteiger partial charge >= 0.3 is 0 Å². The SMILES string of the molecule is C[C@]12CC[C@H]3[C@@H](CCC4NOC=C[C@@]43C)[C@@H]1CC[C@@H]2CC(=O)Nc1ccc(S(=O)(=O)O)cn1. The van der Waals surface area contributed by atoms with Crippen molar-refractivity contribution in [3.8, 4) is 0 Å². The van der Waals surface area contributed by atoms with Crippen LogP contribution >= 0.6 is 0 Å². The summed E-state index contributed by atoms with van der Waals surface area (Å²) in [5, 5.41) is 2.80. The van der Waals surface area contributed by atoms with Crippen LogP contribution in [0.5, 0.6) is 0 Å². The fraction of sp³-hybridized carbons (Fsp3) is 0.667. The van der Waals surface area contributed by atoms with Crippen LogP contribution in [0, 0.1) is 34.5 Å². The van der Waals surface area contributed by atoms with Crippen molar-refractivity contribution < 1.29 is 22.6 Å². The zero-order valence-corrected chi connectivity index (χ0v) is 20.0. The molecule has 4 aliphatic rings. The third kappa shape index (κ3) is 3.88. The smallest absolute Gasteiger partial charge is 0.296 e. The number of anilines is 1. The van der Waals surface area contributed by atoms with E-state index in [0.29, 0.717) is 42.0 Å². The van der Waals surface area contributed by atoms with Gasteiger partial charge < -0.3 is 10.2 Å². The number of fused-ring (bicyclic) bond motifs is 5. The monoisotopic (exact) mass is 475 g/mol. The van der Waals surface area contributed by atoms with Gasteiger partial charge in [0.25, 0.3) is 10.1 Å². The minimum absolute atomic E-state index is 0.0941. The molecule has 33 heavy (non-hydrogen) atoms. The molecule has 7 atom stereocenters. The van der Waals surface area contributed by atoms with Gasteiger partial charge in [-0.05, 0) is 85.8 Å². The third-order valence-electron chi connectivity index (χ3n) is 9.41. The zero-order chi connectivity index (χ0) is 23.4. The second-order valence-corrected chi connectivity index (χ2v) is 12.3. The van der Waals surface area contributed by atoms with E-state index in [2.05, 4.69) is 35.7 Å². The Bertz CT molecular complexity index is 1060. The Kier molecular flexibility index (Phi) is 5.57. The first kappa shape index (κ1) is 22.8. The standard InChI is InChI=1S/C24H33N3O5S/c1-23-10-9-19-17(5-7-20-24(19,2)11-12-32-27-20)18(23)6-3-15(23)13-22(28)26-21-8-4-16(14-25-21)33(29,30)31/h4,8,11-12,14-15,17-20,27H,3,5-7,9-10,13H2,1-2H3,(H,25,26,28)(H,29,30,31)/t15-,17+,18+,19+,20?,23-,24-/m1/s1. The second kappa shape index (κ2) is 8.06. The van der Waals surface area contributed by atoms with Gasteiger partial charge in [-0.3, -0.25) is 9.35 Å². The first-order valence-corrected chi connectivity index (χ1v) is 13.4. The Labute approximate surface area is 195 Å². The van der Waals surface area contributed by atoms with Gasteiger partial charge in [-0.25, -0.2) is 4.98 Å². The van der Waals surface area contributed by atoms with E-state index in [4.69, 9.17) is 9.39 Å². The van der Waals surface area contributed by atoms with Crippen LogP contribution in [0.3, 0.4) is 0 Å². The number of pyridine rings is 1. The quantitative estimate of drug-likeness (QED) is 0.565. The molecule has 8 nitrogen and oxygen atoms in total. The highest BCUT2D eigenvalue weighted by Crippen LogP contribution is 2.65. The number of carbonyl (C=O) groups excluding carboxylic acids is 1. The van der Waals surface area contributed by atoms with Crippen molar-refractivity contribution in [3.05, 3.63) is 30.7 Å². The number of aromatic nitrogens is 1. The van der Waals surface area contributed by atoms with Gasteiger partial charge in [-0.1, -0.05) is 13.8 Å². The summed E-state index contributed by atoms with van der Waals surface area (Å²) >= 11 is 0. The second-order valence-electron chi connectivity index (χ2n) is 10.8. The van der Waals surface area contributed by atoms with Crippen LogP contribution in [0.1, 0.15) is 58.8 Å². The fourth-order valence-corrected chi connectivity index (χ4v) is 8.01. The highest BCUT2D eigenvalue weighted by atomic mass is 32.2. The molecule has 2 heterocycles. The molecule has 3 aliphatic carbocycles. The normalized spacial score (nSPS) is 39.7. The Morgan fingerprint density at radius 3 is 2.76 bits per heavy atom. The zero-order valence-electron chi connectivity index (χ0n) is 19.2. The number of hydroxylamine groups is 1. The van der Waals surface area contributed by atoms with E-state index < -0.39 is 10.1 Å². The molecule has 1 unspecified atom stereocenters. The summed E-state index contributed by atoms with van der Waals surface area (Å²) in [6.45, 7) is 4.77. The molecule has 0 spiro atoms. The average Bonchev–Trinajstić information content (AvgIpc) is 3.09. The number of carbonyl (C=O) groups is 1. The van der Waals surface area contributed by atoms with Gasteiger partial charge in [0.2, 0.25) is 5.91 Å². The van der Waals surface area contributed by atoms with E-state index in [1.54, 1.807) is 0 Å². The topological polar surface area (TPSA) is 118 Å². The van der Waals surface area contributed by atoms with Crippen molar-refractivity contribution in [2.24, 2.45) is 34.5 Å². The summed E-state index contributed by atoms with van der Waals surface area (Å²) in [5.74, 6) is 2.48. The van der Waals surface area contributed by atoms with Crippen LogP contribution < -0.4 is 10.8 Å². The molecule has 180 valence electrons. The maximum Gasteiger partial charge on any atom is 0.296 e. The van der Waals surface area contributed by atoms with Crippen molar-refractivity contribution in [2.45, 2.75) is 69.7 Å². The summed E-state index contributed by atoms with van der Waals surface area (Å²) in [5.41, 5.74) is 3.52. The minimum Gasteiger partial charge on any atom is -0.417 e.